The Hall–Kier alpha value is 0.210. The topological polar surface area (TPSA) is 0 Å². The normalized spacial score (nSPS) is 9.27. The van der Waals surface area contributed by atoms with Crippen molar-refractivity contribution in [3.8, 4) is 0 Å². The zero-order valence-electron chi connectivity index (χ0n) is 9.41. The molecule has 0 bridgehead atoms. The van der Waals surface area contributed by atoms with Crippen LogP contribution in [0.3, 0.4) is 0 Å². The van der Waals surface area contributed by atoms with Gasteiger partial charge in [-0.3, -0.25) is 0 Å². The number of hydrogen-bond donors (Lipinski definition) is 0. The summed E-state index contributed by atoms with van der Waals surface area (Å²) in [4.78, 5) is 0. The molecule has 86 valence electrons. The van der Waals surface area contributed by atoms with Gasteiger partial charge < -0.3 is 0 Å². The Balaban J connectivity index is 0.000000262. The van der Waals surface area contributed by atoms with E-state index in [0.717, 1.165) is 5.02 Å². The van der Waals surface area contributed by atoms with Crippen LogP contribution in [0.1, 0.15) is 26.7 Å². The molecule has 1 aromatic rings. The van der Waals surface area contributed by atoms with Gasteiger partial charge in [0.05, 0.1) is 0 Å². The molecule has 0 fully saturated rings. The van der Waals surface area contributed by atoms with E-state index in [2.05, 4.69) is 13.8 Å². The lowest BCUT2D eigenvalue weighted by Gasteiger charge is -1.93. The van der Waals surface area contributed by atoms with E-state index in [1.807, 2.05) is 51.9 Å². The molecule has 0 aromatic heterocycles. The molecule has 0 aliphatic carbocycles. The number of hydrogen-bond acceptors (Lipinski definition) is 2. The van der Waals surface area contributed by atoms with E-state index in [0.29, 0.717) is 0 Å². The van der Waals surface area contributed by atoms with Crippen LogP contribution in [0.4, 0.5) is 0 Å². The fraction of sp³-hybridized carbons (Fsp3) is 0.500. The van der Waals surface area contributed by atoms with Gasteiger partial charge in [0.15, 0.2) is 0 Å². The highest BCUT2D eigenvalue weighted by molar-refractivity contribution is 8.76. The predicted molar refractivity (Wildman–Crippen MR) is 77.0 cm³/mol. The van der Waals surface area contributed by atoms with Crippen LogP contribution in [0.25, 0.3) is 0 Å². The highest BCUT2D eigenvalue weighted by atomic mass is 35.5. The Bertz CT molecular complexity index is 208. The number of rotatable bonds is 5. The van der Waals surface area contributed by atoms with Crippen molar-refractivity contribution < 1.29 is 0 Å². The first-order chi connectivity index (χ1) is 7.31. The SMILES string of the molecule is CCCSSCCC.Clc1ccccc1. The summed E-state index contributed by atoms with van der Waals surface area (Å²) in [7, 11) is 3.99. The molecule has 0 N–H and O–H groups in total. The quantitative estimate of drug-likeness (QED) is 0.506. The molecule has 3 heteroatoms. The van der Waals surface area contributed by atoms with Gasteiger partial charge >= 0.3 is 0 Å². The fourth-order valence-electron chi connectivity index (χ4n) is 0.699. The van der Waals surface area contributed by atoms with Gasteiger partial charge in [-0.25, -0.2) is 0 Å². The Labute approximate surface area is 107 Å². The first kappa shape index (κ1) is 15.2. The maximum Gasteiger partial charge on any atom is 0.0405 e. The van der Waals surface area contributed by atoms with Gasteiger partial charge in [0.25, 0.3) is 0 Å². The van der Waals surface area contributed by atoms with Crippen LogP contribution >= 0.6 is 33.2 Å². The van der Waals surface area contributed by atoms with Crippen molar-refractivity contribution in [3.63, 3.8) is 0 Å². The minimum absolute atomic E-state index is 0.794. The Kier molecular flexibility index (Phi) is 12.5. The molecule has 0 nitrogen and oxygen atoms in total. The third-order valence-corrected chi connectivity index (χ3v) is 4.46. The van der Waals surface area contributed by atoms with Crippen molar-refractivity contribution >= 4 is 33.2 Å². The van der Waals surface area contributed by atoms with Crippen molar-refractivity contribution in [1.29, 1.82) is 0 Å². The van der Waals surface area contributed by atoms with Crippen LogP contribution in [-0.4, -0.2) is 11.5 Å². The molecule has 0 unspecified atom stereocenters. The minimum atomic E-state index is 0.794. The lowest BCUT2D eigenvalue weighted by Crippen LogP contribution is -1.70. The van der Waals surface area contributed by atoms with Crippen molar-refractivity contribution in [2.45, 2.75) is 26.7 Å². The Morgan fingerprint density at radius 3 is 1.67 bits per heavy atom. The molecule has 0 heterocycles. The molecule has 0 spiro atoms. The zero-order chi connectivity index (χ0) is 11.4. The molecule has 0 radical (unpaired) electrons. The summed E-state index contributed by atoms with van der Waals surface area (Å²) < 4.78 is 0. The predicted octanol–water partition coefficient (Wildman–Crippen LogP) is 5.53. The summed E-state index contributed by atoms with van der Waals surface area (Å²) in [6.45, 7) is 4.44. The second-order valence-corrected chi connectivity index (χ2v) is 6.08. The summed E-state index contributed by atoms with van der Waals surface area (Å²) in [5.41, 5.74) is 0. The molecule has 1 rings (SSSR count). The fourth-order valence-corrected chi connectivity index (χ4v) is 3.12. The van der Waals surface area contributed by atoms with Crippen LogP contribution in [0.15, 0.2) is 30.3 Å². The maximum absolute atomic E-state index is 5.54. The van der Waals surface area contributed by atoms with Gasteiger partial charge in [-0.05, 0) is 25.0 Å². The summed E-state index contributed by atoms with van der Waals surface area (Å²) in [6.07, 6.45) is 2.61. The zero-order valence-corrected chi connectivity index (χ0v) is 11.8. The molecule has 0 saturated heterocycles. The molecule has 0 atom stereocenters. The molecule has 15 heavy (non-hydrogen) atoms. The van der Waals surface area contributed by atoms with Crippen molar-refractivity contribution in [3.05, 3.63) is 35.4 Å². The van der Waals surface area contributed by atoms with Gasteiger partial charge in [0, 0.05) is 16.5 Å². The van der Waals surface area contributed by atoms with Crippen molar-refractivity contribution in [1.82, 2.24) is 0 Å². The minimum Gasteiger partial charge on any atom is -0.0942 e. The van der Waals surface area contributed by atoms with Crippen molar-refractivity contribution in [2.75, 3.05) is 11.5 Å². The first-order valence-electron chi connectivity index (χ1n) is 5.26. The monoisotopic (exact) mass is 262 g/mol. The average molecular weight is 263 g/mol. The van der Waals surface area contributed by atoms with Gasteiger partial charge in [-0.2, -0.15) is 0 Å². The number of halogens is 1. The highest BCUT2D eigenvalue weighted by Crippen LogP contribution is 2.21. The van der Waals surface area contributed by atoms with E-state index in [-0.39, 0.29) is 0 Å². The lowest BCUT2D eigenvalue weighted by molar-refractivity contribution is 1.11. The standard InChI is InChI=1S/C6H5Cl.C6H14S2/c7-6-4-2-1-3-5-6;1-3-5-7-8-6-4-2/h1-5H;3-6H2,1-2H3. The Morgan fingerprint density at radius 1 is 0.933 bits per heavy atom. The average Bonchev–Trinajstić information content (AvgIpc) is 2.27. The second-order valence-electron chi connectivity index (χ2n) is 2.94. The van der Waals surface area contributed by atoms with Crippen LogP contribution in [0.5, 0.6) is 0 Å². The van der Waals surface area contributed by atoms with Crippen molar-refractivity contribution in [2.24, 2.45) is 0 Å². The molecule has 0 saturated carbocycles. The van der Waals surface area contributed by atoms with E-state index >= 15 is 0 Å². The summed E-state index contributed by atoms with van der Waals surface area (Å²) in [6, 6.07) is 9.44. The molecule has 1 aromatic carbocycles. The van der Waals surface area contributed by atoms with Gasteiger partial charge in [-0.1, -0.05) is 65.2 Å². The van der Waals surface area contributed by atoms with E-state index in [9.17, 15) is 0 Å². The number of benzene rings is 1. The molecule has 0 aliphatic rings. The van der Waals surface area contributed by atoms with Gasteiger partial charge in [0.1, 0.15) is 0 Å². The molecule has 0 amide bonds. The summed E-state index contributed by atoms with van der Waals surface area (Å²) in [5.74, 6) is 2.62. The summed E-state index contributed by atoms with van der Waals surface area (Å²) >= 11 is 5.54. The maximum atomic E-state index is 5.54. The van der Waals surface area contributed by atoms with Crippen LogP contribution < -0.4 is 0 Å². The third-order valence-electron chi connectivity index (χ3n) is 1.39. The van der Waals surface area contributed by atoms with E-state index in [1.54, 1.807) is 0 Å². The van der Waals surface area contributed by atoms with Crippen LogP contribution in [0.2, 0.25) is 5.02 Å². The van der Waals surface area contributed by atoms with E-state index in [4.69, 9.17) is 11.6 Å². The van der Waals surface area contributed by atoms with Gasteiger partial charge in [0.2, 0.25) is 0 Å². The third kappa shape index (κ3) is 12.1. The molecular formula is C12H19ClS2. The molecular weight excluding hydrogens is 244 g/mol. The highest BCUT2D eigenvalue weighted by Gasteiger charge is 1.83. The Morgan fingerprint density at radius 2 is 1.40 bits per heavy atom. The van der Waals surface area contributed by atoms with Gasteiger partial charge in [-0.15, -0.1) is 0 Å². The van der Waals surface area contributed by atoms with E-state index in [1.165, 1.54) is 24.3 Å². The summed E-state index contributed by atoms with van der Waals surface area (Å²) in [5, 5.41) is 0.794. The smallest absolute Gasteiger partial charge is 0.0405 e. The largest absolute Gasteiger partial charge is 0.0942 e. The van der Waals surface area contributed by atoms with Crippen LogP contribution in [-0.2, 0) is 0 Å². The molecule has 0 aliphatic heterocycles. The second kappa shape index (κ2) is 12.3. The lowest BCUT2D eigenvalue weighted by atomic mass is 10.4. The van der Waals surface area contributed by atoms with E-state index < -0.39 is 0 Å². The first-order valence-corrected chi connectivity index (χ1v) is 8.12. The van der Waals surface area contributed by atoms with Crippen LogP contribution in [0, 0.1) is 0 Å².